The molecule has 1 aliphatic rings. The number of H-pyrrole nitrogens is 1. The number of aromatic amines is 1. The van der Waals surface area contributed by atoms with E-state index in [1.165, 1.54) is 6.33 Å². The van der Waals surface area contributed by atoms with Gasteiger partial charge in [-0.2, -0.15) is 0 Å². The Hall–Kier alpha value is -3.36. The Balaban J connectivity index is 1.69. The van der Waals surface area contributed by atoms with Crippen molar-refractivity contribution in [1.29, 1.82) is 0 Å². The number of nitrogens with one attached hydrogen (secondary N) is 1. The van der Waals surface area contributed by atoms with E-state index in [4.69, 9.17) is 0 Å². The number of alkyl halides is 2. The molecular weight excluding hydrogens is 390 g/mol. The summed E-state index contributed by atoms with van der Waals surface area (Å²) in [4.78, 5) is 31.8. The number of rotatable bonds is 4. The molecule has 0 saturated carbocycles. The first-order valence-electron chi connectivity index (χ1n) is 9.87. The molecule has 0 aliphatic carbocycles. The van der Waals surface area contributed by atoms with Gasteiger partial charge >= 0.3 is 0 Å². The van der Waals surface area contributed by atoms with Crippen molar-refractivity contribution in [1.82, 2.24) is 24.5 Å². The summed E-state index contributed by atoms with van der Waals surface area (Å²) < 4.78 is 27.9. The highest BCUT2D eigenvalue weighted by Crippen LogP contribution is 2.37. The van der Waals surface area contributed by atoms with E-state index in [2.05, 4.69) is 19.9 Å². The van der Waals surface area contributed by atoms with Gasteiger partial charge in [-0.15, -0.1) is 0 Å². The van der Waals surface area contributed by atoms with Crippen molar-refractivity contribution < 1.29 is 8.78 Å². The topological polar surface area (TPSA) is 79.7 Å². The third-order valence-corrected chi connectivity index (χ3v) is 5.57. The average molecular weight is 410 g/mol. The van der Waals surface area contributed by atoms with E-state index in [0.29, 0.717) is 35.5 Å². The van der Waals surface area contributed by atoms with E-state index >= 15 is 0 Å². The lowest BCUT2D eigenvalue weighted by molar-refractivity contribution is 0.123. The van der Waals surface area contributed by atoms with Crippen LogP contribution in [0.1, 0.15) is 30.4 Å². The second-order valence-electron chi connectivity index (χ2n) is 7.56. The van der Waals surface area contributed by atoms with Crippen LogP contribution in [0.2, 0.25) is 0 Å². The number of hydrogen-bond acceptors (Lipinski definition) is 5. The highest BCUT2D eigenvalue weighted by molar-refractivity contribution is 5.87. The molecular formula is C21H20F2N6O. The number of para-hydroxylation sites is 1. The molecule has 0 bridgehead atoms. The first-order valence-corrected chi connectivity index (χ1v) is 9.87. The van der Waals surface area contributed by atoms with Gasteiger partial charge in [0.1, 0.15) is 17.7 Å². The fraction of sp³-hybridized carbons (Fsp3) is 0.333. The van der Waals surface area contributed by atoms with E-state index in [9.17, 15) is 13.6 Å². The molecule has 1 N–H and O–H groups in total. The van der Waals surface area contributed by atoms with Crippen LogP contribution in [0.3, 0.4) is 0 Å². The number of fused-ring (bicyclic) bond motifs is 2. The van der Waals surface area contributed by atoms with Crippen molar-refractivity contribution in [3.05, 3.63) is 58.5 Å². The van der Waals surface area contributed by atoms with Crippen molar-refractivity contribution in [2.45, 2.75) is 38.8 Å². The maximum Gasteiger partial charge on any atom is 0.261 e. The number of aryl methyl sites for hydroxylation is 1. The summed E-state index contributed by atoms with van der Waals surface area (Å²) >= 11 is 0. The summed E-state index contributed by atoms with van der Waals surface area (Å²) in [7, 11) is 0. The molecule has 30 heavy (non-hydrogen) atoms. The molecule has 4 aromatic rings. The summed E-state index contributed by atoms with van der Waals surface area (Å²) in [6.07, 6.45) is 0.378. The van der Waals surface area contributed by atoms with Gasteiger partial charge in [-0.25, -0.2) is 23.7 Å². The van der Waals surface area contributed by atoms with Crippen LogP contribution in [-0.2, 0) is 6.54 Å². The van der Waals surface area contributed by atoms with Crippen LogP contribution in [0, 0.1) is 6.92 Å². The Morgan fingerprint density at radius 1 is 1.23 bits per heavy atom. The quantitative estimate of drug-likeness (QED) is 0.556. The summed E-state index contributed by atoms with van der Waals surface area (Å²) in [5, 5.41) is 0.343. The normalized spacial score (nSPS) is 16.9. The van der Waals surface area contributed by atoms with Gasteiger partial charge in [0, 0.05) is 12.2 Å². The monoisotopic (exact) mass is 410 g/mol. The third kappa shape index (κ3) is 3.01. The number of nitrogens with zero attached hydrogens (tertiary/aromatic N) is 5. The Bertz CT molecular complexity index is 1300. The molecule has 9 heteroatoms. The van der Waals surface area contributed by atoms with Gasteiger partial charge in [0.05, 0.1) is 29.0 Å². The van der Waals surface area contributed by atoms with Gasteiger partial charge in [-0.1, -0.05) is 12.1 Å². The van der Waals surface area contributed by atoms with Crippen LogP contribution in [0.4, 0.5) is 14.6 Å². The molecule has 5 rings (SSSR count). The van der Waals surface area contributed by atoms with E-state index < -0.39 is 18.5 Å². The lowest BCUT2D eigenvalue weighted by Crippen LogP contribution is -2.34. The van der Waals surface area contributed by atoms with E-state index in [-0.39, 0.29) is 6.04 Å². The predicted octanol–water partition coefficient (Wildman–Crippen LogP) is 3.58. The van der Waals surface area contributed by atoms with Gasteiger partial charge in [0.25, 0.3) is 12.0 Å². The van der Waals surface area contributed by atoms with E-state index in [0.717, 1.165) is 27.7 Å². The van der Waals surface area contributed by atoms with Crippen molar-refractivity contribution in [3.63, 3.8) is 0 Å². The highest BCUT2D eigenvalue weighted by Gasteiger charge is 2.33. The zero-order valence-electron chi connectivity index (χ0n) is 16.3. The van der Waals surface area contributed by atoms with Crippen LogP contribution in [0.15, 0.2) is 41.5 Å². The summed E-state index contributed by atoms with van der Waals surface area (Å²) in [5.41, 5.74) is 2.62. The van der Waals surface area contributed by atoms with Gasteiger partial charge < -0.3 is 9.88 Å². The number of aromatic nitrogens is 5. The third-order valence-electron chi connectivity index (χ3n) is 5.57. The number of anilines is 1. The molecule has 4 heterocycles. The maximum absolute atomic E-state index is 13.4. The molecule has 1 fully saturated rings. The molecule has 1 saturated heterocycles. The Morgan fingerprint density at radius 2 is 2.07 bits per heavy atom. The minimum Gasteiger partial charge on any atom is -0.354 e. The van der Waals surface area contributed by atoms with Crippen molar-refractivity contribution >= 4 is 27.8 Å². The Morgan fingerprint density at radius 3 is 2.90 bits per heavy atom. The molecule has 154 valence electrons. The predicted molar refractivity (Wildman–Crippen MR) is 110 cm³/mol. The highest BCUT2D eigenvalue weighted by atomic mass is 19.3. The van der Waals surface area contributed by atoms with E-state index in [1.807, 2.05) is 17.9 Å². The molecule has 1 atom stereocenters. The fourth-order valence-electron chi connectivity index (χ4n) is 4.32. The lowest BCUT2D eigenvalue weighted by atomic mass is 10.1. The van der Waals surface area contributed by atoms with Gasteiger partial charge in [-0.05, 0) is 38.0 Å². The summed E-state index contributed by atoms with van der Waals surface area (Å²) in [6.45, 7) is 1.95. The Labute approximate surface area is 170 Å². The molecule has 0 amide bonds. The number of hydrogen-bond donors (Lipinski definition) is 1. The van der Waals surface area contributed by atoms with Crippen LogP contribution in [-0.4, -0.2) is 37.5 Å². The maximum atomic E-state index is 13.4. The second-order valence-corrected chi connectivity index (χ2v) is 7.56. The van der Waals surface area contributed by atoms with Gasteiger partial charge in [-0.3, -0.25) is 9.36 Å². The average Bonchev–Trinajstić information content (AvgIpc) is 3.35. The zero-order valence-corrected chi connectivity index (χ0v) is 16.3. The standard InChI is InChI=1S/C21H20F2N6O/c1-12-9-15-18(26-12)20(25-11-24-15)28-8-4-7-16(28)19-27-14-6-3-2-5-13(14)21(30)29(19)10-17(22)23/h2-3,5-6,9,11,16-17,26H,4,7-8,10H2,1H3. The number of benzene rings is 1. The zero-order chi connectivity index (χ0) is 20.8. The molecule has 1 aliphatic heterocycles. The summed E-state index contributed by atoms with van der Waals surface area (Å²) in [6, 6.07) is 8.47. The smallest absolute Gasteiger partial charge is 0.261 e. The van der Waals surface area contributed by atoms with Crippen molar-refractivity contribution in [2.75, 3.05) is 11.4 Å². The molecule has 0 radical (unpaired) electrons. The lowest BCUT2D eigenvalue weighted by Gasteiger charge is -2.27. The first-order chi connectivity index (χ1) is 14.5. The SMILES string of the molecule is Cc1cc2ncnc(N3CCCC3c3nc4ccccc4c(=O)n3CC(F)F)c2[nH]1. The number of halogens is 2. The largest absolute Gasteiger partial charge is 0.354 e. The molecule has 1 unspecified atom stereocenters. The van der Waals surface area contributed by atoms with Gasteiger partial charge in [0.2, 0.25) is 0 Å². The minimum absolute atomic E-state index is 0.331. The molecule has 7 nitrogen and oxygen atoms in total. The minimum atomic E-state index is -2.66. The van der Waals surface area contributed by atoms with E-state index in [1.54, 1.807) is 24.3 Å². The summed E-state index contributed by atoms with van der Waals surface area (Å²) in [5.74, 6) is 1.05. The van der Waals surface area contributed by atoms with Crippen LogP contribution in [0.5, 0.6) is 0 Å². The first kappa shape index (κ1) is 18.7. The Kier molecular flexibility index (Phi) is 4.45. The van der Waals surface area contributed by atoms with Crippen LogP contribution >= 0.6 is 0 Å². The van der Waals surface area contributed by atoms with Crippen molar-refractivity contribution in [3.8, 4) is 0 Å². The van der Waals surface area contributed by atoms with Gasteiger partial charge in [0.15, 0.2) is 5.82 Å². The second kappa shape index (κ2) is 7.16. The molecule has 3 aromatic heterocycles. The molecule has 1 aromatic carbocycles. The fourth-order valence-corrected chi connectivity index (χ4v) is 4.32. The van der Waals surface area contributed by atoms with Crippen LogP contribution in [0.25, 0.3) is 21.9 Å². The molecule has 0 spiro atoms. The van der Waals surface area contributed by atoms with Crippen molar-refractivity contribution in [2.24, 2.45) is 0 Å². The van der Waals surface area contributed by atoms with Crippen LogP contribution < -0.4 is 10.5 Å².